The van der Waals surface area contributed by atoms with Crippen molar-refractivity contribution in [3.8, 4) is 0 Å². The average Bonchev–Trinajstić information content (AvgIpc) is 2.66. The van der Waals surface area contributed by atoms with Crippen LogP contribution in [-0.4, -0.2) is 32.8 Å². The quantitative estimate of drug-likeness (QED) is 0.862. The minimum atomic E-state index is -2.56. The van der Waals surface area contributed by atoms with E-state index in [-0.39, 0.29) is 10.9 Å². The van der Waals surface area contributed by atoms with Gasteiger partial charge in [0.15, 0.2) is 5.16 Å². The summed E-state index contributed by atoms with van der Waals surface area (Å²) in [4.78, 5) is 14.7. The van der Waals surface area contributed by atoms with Gasteiger partial charge < -0.3 is 9.67 Å². The number of halogens is 3. The maximum absolute atomic E-state index is 12.6. The van der Waals surface area contributed by atoms with Crippen molar-refractivity contribution in [2.24, 2.45) is 0 Å². The van der Waals surface area contributed by atoms with Gasteiger partial charge in [0.25, 0.3) is 6.43 Å². The van der Waals surface area contributed by atoms with E-state index in [2.05, 4.69) is 4.98 Å². The van der Waals surface area contributed by atoms with Crippen molar-refractivity contribution in [3.63, 3.8) is 0 Å². The zero-order chi connectivity index (χ0) is 14.0. The molecule has 0 atom stereocenters. The van der Waals surface area contributed by atoms with Crippen LogP contribution in [0.2, 0.25) is 5.02 Å². The third-order valence-corrected chi connectivity index (χ3v) is 3.61. The number of thioether (sulfide) groups is 1. The lowest BCUT2D eigenvalue weighted by atomic mass is 10.3. The fourth-order valence-corrected chi connectivity index (χ4v) is 2.59. The predicted molar refractivity (Wildman–Crippen MR) is 69.1 cm³/mol. The minimum Gasteiger partial charge on any atom is -0.481 e. The molecule has 2 rings (SSSR count). The number of carbonyl (C=O) groups is 1. The smallest absolute Gasteiger partial charge is 0.313 e. The van der Waals surface area contributed by atoms with Gasteiger partial charge in [-0.2, -0.15) is 0 Å². The first-order chi connectivity index (χ1) is 8.99. The van der Waals surface area contributed by atoms with Crippen molar-refractivity contribution in [1.82, 2.24) is 9.55 Å². The van der Waals surface area contributed by atoms with Gasteiger partial charge in [-0.3, -0.25) is 4.79 Å². The number of aliphatic carboxylic acids is 1. The molecule has 0 bridgehead atoms. The zero-order valence-electron chi connectivity index (χ0n) is 9.52. The first kappa shape index (κ1) is 14.1. The summed E-state index contributed by atoms with van der Waals surface area (Å²) >= 11 is 6.84. The maximum atomic E-state index is 12.6. The van der Waals surface area contributed by atoms with Crippen LogP contribution < -0.4 is 0 Å². The molecule has 0 radical (unpaired) electrons. The van der Waals surface area contributed by atoms with Crippen LogP contribution in [0.3, 0.4) is 0 Å². The number of nitrogens with zero attached hydrogens (tertiary/aromatic N) is 2. The molecule has 0 spiro atoms. The Morgan fingerprint density at radius 3 is 2.89 bits per heavy atom. The topological polar surface area (TPSA) is 55.1 Å². The van der Waals surface area contributed by atoms with Gasteiger partial charge in [-0.15, -0.1) is 0 Å². The van der Waals surface area contributed by atoms with Gasteiger partial charge in [-0.05, 0) is 12.1 Å². The summed E-state index contributed by atoms with van der Waals surface area (Å²) in [6.07, 6.45) is -2.56. The Kier molecular flexibility index (Phi) is 4.26. The lowest BCUT2D eigenvalue weighted by Gasteiger charge is -2.07. The van der Waals surface area contributed by atoms with E-state index < -0.39 is 18.9 Å². The molecule has 0 aliphatic heterocycles. The fraction of sp³-hybridized carbons (Fsp3) is 0.273. The van der Waals surface area contributed by atoms with Gasteiger partial charge in [0, 0.05) is 0 Å². The number of benzene rings is 1. The molecule has 1 heterocycles. The highest BCUT2D eigenvalue weighted by Gasteiger charge is 2.17. The maximum Gasteiger partial charge on any atom is 0.313 e. The summed E-state index contributed by atoms with van der Waals surface area (Å²) in [5.41, 5.74) is 0.874. The standard InChI is InChI=1S/C11H9ClF2N2O2S/c12-6-2-1-3-7-10(6)15-11(19-5-9(17)18)16(7)4-8(13)14/h1-3,8H,4-5H2,(H,17,18). The summed E-state index contributed by atoms with van der Waals surface area (Å²) in [6, 6.07) is 4.87. The van der Waals surface area contributed by atoms with Crippen molar-refractivity contribution in [2.75, 3.05) is 5.75 Å². The molecule has 0 fully saturated rings. The molecule has 0 aliphatic carbocycles. The second kappa shape index (κ2) is 5.75. The van der Waals surface area contributed by atoms with E-state index in [9.17, 15) is 13.6 Å². The molecule has 0 saturated heterocycles. The first-order valence-electron chi connectivity index (χ1n) is 5.26. The second-order valence-corrected chi connectivity index (χ2v) is 5.04. The van der Waals surface area contributed by atoms with Crippen LogP contribution >= 0.6 is 23.4 Å². The highest BCUT2D eigenvalue weighted by atomic mass is 35.5. The molecular formula is C11H9ClF2N2O2S. The van der Waals surface area contributed by atoms with Crippen LogP contribution in [0.25, 0.3) is 11.0 Å². The van der Waals surface area contributed by atoms with E-state index >= 15 is 0 Å². The van der Waals surface area contributed by atoms with Crippen molar-refractivity contribution >= 4 is 40.4 Å². The van der Waals surface area contributed by atoms with Gasteiger partial charge in [0.2, 0.25) is 0 Å². The van der Waals surface area contributed by atoms with Crippen molar-refractivity contribution in [2.45, 2.75) is 18.1 Å². The third-order valence-electron chi connectivity index (χ3n) is 2.34. The van der Waals surface area contributed by atoms with Crippen molar-refractivity contribution in [1.29, 1.82) is 0 Å². The summed E-state index contributed by atoms with van der Waals surface area (Å²) in [7, 11) is 0. The summed E-state index contributed by atoms with van der Waals surface area (Å²) in [5, 5.41) is 9.22. The SMILES string of the molecule is O=C(O)CSc1nc2c(Cl)cccc2n1CC(F)F. The van der Waals surface area contributed by atoms with Crippen LogP contribution in [0, 0.1) is 0 Å². The molecule has 4 nitrogen and oxygen atoms in total. The van der Waals surface area contributed by atoms with Gasteiger partial charge in [-0.1, -0.05) is 29.4 Å². The number of imidazole rings is 1. The highest BCUT2D eigenvalue weighted by Crippen LogP contribution is 2.29. The predicted octanol–water partition coefficient (Wildman–Crippen LogP) is 3.13. The molecule has 0 saturated carbocycles. The number of hydrogen-bond donors (Lipinski definition) is 1. The number of aromatic nitrogens is 2. The summed E-state index contributed by atoms with van der Waals surface area (Å²) in [5.74, 6) is -1.28. The highest BCUT2D eigenvalue weighted by molar-refractivity contribution is 7.99. The molecule has 1 N–H and O–H groups in total. The van der Waals surface area contributed by atoms with Crippen molar-refractivity contribution in [3.05, 3.63) is 23.2 Å². The van der Waals surface area contributed by atoms with Gasteiger partial charge in [0.05, 0.1) is 22.8 Å². The number of para-hydroxylation sites is 1. The second-order valence-electron chi connectivity index (χ2n) is 3.69. The van der Waals surface area contributed by atoms with Crippen molar-refractivity contribution < 1.29 is 18.7 Å². The normalized spacial score (nSPS) is 11.4. The number of rotatable bonds is 5. The molecule has 102 valence electrons. The first-order valence-corrected chi connectivity index (χ1v) is 6.63. The Morgan fingerprint density at radius 2 is 2.26 bits per heavy atom. The number of carboxylic acid groups (broad SMARTS) is 1. The molecule has 19 heavy (non-hydrogen) atoms. The average molecular weight is 307 g/mol. The number of hydrogen-bond acceptors (Lipinski definition) is 3. The van der Waals surface area contributed by atoms with Crippen LogP contribution in [0.5, 0.6) is 0 Å². The molecular weight excluding hydrogens is 298 g/mol. The van der Waals surface area contributed by atoms with Gasteiger partial charge in [0.1, 0.15) is 5.52 Å². The molecule has 2 aromatic rings. The Balaban J connectivity index is 2.47. The van der Waals surface area contributed by atoms with Crippen LogP contribution in [-0.2, 0) is 11.3 Å². The van der Waals surface area contributed by atoms with Crippen LogP contribution in [0.1, 0.15) is 0 Å². The minimum absolute atomic E-state index is 0.228. The van der Waals surface area contributed by atoms with E-state index in [0.29, 0.717) is 16.1 Å². The van der Waals surface area contributed by atoms with Gasteiger partial charge >= 0.3 is 5.97 Å². The molecule has 0 aliphatic rings. The Bertz CT molecular complexity index is 618. The van der Waals surface area contributed by atoms with E-state index in [0.717, 1.165) is 11.8 Å². The van der Waals surface area contributed by atoms with Crippen LogP contribution in [0.4, 0.5) is 8.78 Å². The van der Waals surface area contributed by atoms with Gasteiger partial charge in [-0.25, -0.2) is 13.8 Å². The largest absolute Gasteiger partial charge is 0.481 e. The lowest BCUT2D eigenvalue weighted by molar-refractivity contribution is -0.133. The summed E-state index contributed by atoms with van der Waals surface area (Å²) < 4.78 is 26.5. The molecule has 1 aromatic carbocycles. The molecule has 1 aromatic heterocycles. The molecule has 0 unspecified atom stereocenters. The Hall–Kier alpha value is -1.34. The van der Waals surface area contributed by atoms with E-state index in [1.54, 1.807) is 18.2 Å². The third kappa shape index (κ3) is 3.16. The Morgan fingerprint density at radius 1 is 1.53 bits per heavy atom. The van der Waals surface area contributed by atoms with E-state index in [4.69, 9.17) is 16.7 Å². The number of fused-ring (bicyclic) bond motifs is 1. The lowest BCUT2D eigenvalue weighted by Crippen LogP contribution is -2.08. The fourth-order valence-electron chi connectivity index (χ4n) is 1.64. The van der Waals surface area contributed by atoms with E-state index in [1.165, 1.54) is 4.57 Å². The van der Waals surface area contributed by atoms with E-state index in [1.807, 2.05) is 0 Å². The zero-order valence-corrected chi connectivity index (χ0v) is 11.1. The summed E-state index contributed by atoms with van der Waals surface area (Å²) in [6.45, 7) is -0.543. The number of carboxylic acids is 1. The molecule has 8 heteroatoms. The molecule has 0 amide bonds. The van der Waals surface area contributed by atoms with Crippen LogP contribution in [0.15, 0.2) is 23.4 Å². The number of alkyl halides is 2. The monoisotopic (exact) mass is 306 g/mol. The Labute approximate surface area is 116 Å².